The number of aliphatic hydroxyl groups excluding tert-OH is 1. The lowest BCUT2D eigenvalue weighted by atomic mass is 9.93. The SMILES string of the molecule is CC(C)N1CCC(c2ncc3n2CC(CO)CC3)CC1. The van der Waals surface area contributed by atoms with Gasteiger partial charge >= 0.3 is 0 Å². The summed E-state index contributed by atoms with van der Waals surface area (Å²) in [5, 5.41) is 9.41. The Morgan fingerprint density at radius 1 is 1.30 bits per heavy atom. The molecule has 1 aromatic heterocycles. The first kappa shape index (κ1) is 14.1. The van der Waals surface area contributed by atoms with Crippen molar-refractivity contribution in [3.05, 3.63) is 17.7 Å². The van der Waals surface area contributed by atoms with Crippen molar-refractivity contribution >= 4 is 0 Å². The van der Waals surface area contributed by atoms with E-state index in [0.29, 0.717) is 24.5 Å². The molecule has 1 aromatic rings. The Hall–Kier alpha value is -0.870. The Morgan fingerprint density at radius 2 is 2.05 bits per heavy atom. The molecule has 0 radical (unpaired) electrons. The summed E-state index contributed by atoms with van der Waals surface area (Å²) in [4.78, 5) is 7.29. The Morgan fingerprint density at radius 3 is 2.70 bits per heavy atom. The summed E-state index contributed by atoms with van der Waals surface area (Å²) in [5.41, 5.74) is 1.37. The Balaban J connectivity index is 1.71. The first-order chi connectivity index (χ1) is 9.69. The van der Waals surface area contributed by atoms with E-state index >= 15 is 0 Å². The number of hydrogen-bond donors (Lipinski definition) is 1. The van der Waals surface area contributed by atoms with E-state index in [1.165, 1.54) is 37.4 Å². The Kier molecular flexibility index (Phi) is 4.13. The fraction of sp³-hybridized carbons (Fsp3) is 0.812. The van der Waals surface area contributed by atoms with Crippen LogP contribution in [0.15, 0.2) is 6.20 Å². The van der Waals surface area contributed by atoms with Crippen LogP contribution in [0.2, 0.25) is 0 Å². The number of aryl methyl sites for hydroxylation is 1. The second kappa shape index (κ2) is 5.86. The molecule has 1 fully saturated rings. The van der Waals surface area contributed by atoms with Gasteiger partial charge in [-0.05, 0) is 52.6 Å². The lowest BCUT2D eigenvalue weighted by molar-refractivity contribution is 0.163. The smallest absolute Gasteiger partial charge is 0.112 e. The third-order valence-electron chi connectivity index (χ3n) is 5.10. The lowest BCUT2D eigenvalue weighted by Crippen LogP contribution is -2.38. The van der Waals surface area contributed by atoms with Crippen LogP contribution in [0.3, 0.4) is 0 Å². The van der Waals surface area contributed by atoms with Gasteiger partial charge in [-0.2, -0.15) is 0 Å². The quantitative estimate of drug-likeness (QED) is 0.919. The fourth-order valence-electron chi connectivity index (χ4n) is 3.69. The van der Waals surface area contributed by atoms with Crippen molar-refractivity contribution in [2.75, 3.05) is 19.7 Å². The first-order valence-electron chi connectivity index (χ1n) is 8.08. The molecular weight excluding hydrogens is 250 g/mol. The zero-order valence-corrected chi connectivity index (χ0v) is 12.8. The maximum atomic E-state index is 9.41. The normalized spacial score (nSPS) is 25.1. The molecule has 0 aliphatic carbocycles. The molecule has 4 heteroatoms. The predicted octanol–water partition coefficient (Wildman–Crippen LogP) is 2.03. The van der Waals surface area contributed by atoms with E-state index in [-0.39, 0.29) is 0 Å². The van der Waals surface area contributed by atoms with E-state index in [1.54, 1.807) is 0 Å². The van der Waals surface area contributed by atoms with Crippen LogP contribution < -0.4 is 0 Å². The molecule has 3 heterocycles. The van der Waals surface area contributed by atoms with Crippen LogP contribution in [0.5, 0.6) is 0 Å². The minimum absolute atomic E-state index is 0.308. The van der Waals surface area contributed by atoms with Gasteiger partial charge in [-0.3, -0.25) is 0 Å². The van der Waals surface area contributed by atoms with Crippen LogP contribution in [-0.4, -0.2) is 45.3 Å². The van der Waals surface area contributed by atoms with Gasteiger partial charge in [0.1, 0.15) is 5.82 Å². The summed E-state index contributed by atoms with van der Waals surface area (Å²) in [7, 11) is 0. The molecule has 2 aliphatic heterocycles. The monoisotopic (exact) mass is 277 g/mol. The van der Waals surface area contributed by atoms with Gasteiger partial charge in [0.25, 0.3) is 0 Å². The van der Waals surface area contributed by atoms with Crippen molar-refractivity contribution in [3.63, 3.8) is 0 Å². The van der Waals surface area contributed by atoms with Gasteiger partial charge in [0.2, 0.25) is 0 Å². The molecule has 0 aromatic carbocycles. The summed E-state index contributed by atoms with van der Waals surface area (Å²) >= 11 is 0. The molecule has 112 valence electrons. The molecule has 1 atom stereocenters. The summed E-state index contributed by atoms with van der Waals surface area (Å²) in [6, 6.07) is 0.656. The minimum atomic E-state index is 0.308. The topological polar surface area (TPSA) is 41.3 Å². The molecule has 0 bridgehead atoms. The number of likely N-dealkylation sites (tertiary alicyclic amines) is 1. The molecule has 3 rings (SSSR count). The van der Waals surface area contributed by atoms with Crippen LogP contribution in [0, 0.1) is 5.92 Å². The molecular formula is C16H27N3O. The third kappa shape index (κ3) is 2.63. The standard InChI is InChI=1S/C16H27N3O/c1-12(2)18-7-5-14(6-8-18)16-17-9-15-4-3-13(11-20)10-19(15)16/h9,12-14,20H,3-8,10-11H2,1-2H3. The number of hydrogen-bond acceptors (Lipinski definition) is 3. The number of rotatable bonds is 3. The van der Waals surface area contributed by atoms with E-state index in [2.05, 4.69) is 29.5 Å². The molecule has 2 aliphatic rings. The molecule has 1 unspecified atom stereocenters. The first-order valence-corrected chi connectivity index (χ1v) is 8.08. The molecule has 1 saturated heterocycles. The average Bonchev–Trinajstić information content (AvgIpc) is 2.90. The summed E-state index contributed by atoms with van der Waals surface area (Å²) in [6.45, 7) is 8.21. The number of aromatic nitrogens is 2. The molecule has 0 saturated carbocycles. The highest BCUT2D eigenvalue weighted by Crippen LogP contribution is 2.31. The van der Waals surface area contributed by atoms with Crippen molar-refractivity contribution < 1.29 is 5.11 Å². The molecule has 0 spiro atoms. The van der Waals surface area contributed by atoms with Gasteiger partial charge in [0, 0.05) is 42.9 Å². The van der Waals surface area contributed by atoms with Crippen molar-refractivity contribution in [2.45, 2.75) is 58.0 Å². The number of piperidine rings is 1. The zero-order valence-electron chi connectivity index (χ0n) is 12.8. The predicted molar refractivity (Wildman–Crippen MR) is 79.8 cm³/mol. The maximum absolute atomic E-state index is 9.41. The van der Waals surface area contributed by atoms with Crippen LogP contribution >= 0.6 is 0 Å². The second-order valence-corrected chi connectivity index (χ2v) is 6.71. The number of nitrogens with zero attached hydrogens (tertiary/aromatic N) is 3. The van der Waals surface area contributed by atoms with Crippen molar-refractivity contribution in [1.82, 2.24) is 14.5 Å². The highest BCUT2D eigenvalue weighted by Gasteiger charge is 2.28. The maximum Gasteiger partial charge on any atom is 0.112 e. The highest BCUT2D eigenvalue weighted by atomic mass is 16.3. The van der Waals surface area contributed by atoms with Gasteiger partial charge in [0.15, 0.2) is 0 Å². The Labute approximate surface area is 121 Å². The zero-order chi connectivity index (χ0) is 14.1. The number of fused-ring (bicyclic) bond motifs is 1. The molecule has 4 nitrogen and oxygen atoms in total. The van der Waals surface area contributed by atoms with Crippen LogP contribution in [0.25, 0.3) is 0 Å². The molecule has 1 N–H and O–H groups in total. The van der Waals surface area contributed by atoms with Gasteiger partial charge < -0.3 is 14.6 Å². The summed E-state index contributed by atoms with van der Waals surface area (Å²) < 4.78 is 2.40. The lowest BCUT2D eigenvalue weighted by Gasteiger charge is -2.35. The third-order valence-corrected chi connectivity index (χ3v) is 5.10. The van der Waals surface area contributed by atoms with E-state index < -0.39 is 0 Å². The Bertz CT molecular complexity index is 447. The summed E-state index contributed by atoms with van der Waals surface area (Å²) in [6.07, 6.45) is 6.69. The van der Waals surface area contributed by atoms with Gasteiger partial charge in [-0.15, -0.1) is 0 Å². The van der Waals surface area contributed by atoms with Gasteiger partial charge in [-0.1, -0.05) is 0 Å². The number of imidazole rings is 1. The average molecular weight is 277 g/mol. The minimum Gasteiger partial charge on any atom is -0.396 e. The van der Waals surface area contributed by atoms with Gasteiger partial charge in [-0.25, -0.2) is 4.98 Å². The van der Waals surface area contributed by atoms with E-state index in [1.807, 2.05) is 0 Å². The number of aliphatic hydroxyl groups is 1. The van der Waals surface area contributed by atoms with Crippen LogP contribution in [0.4, 0.5) is 0 Å². The van der Waals surface area contributed by atoms with Gasteiger partial charge in [0.05, 0.1) is 0 Å². The van der Waals surface area contributed by atoms with Crippen LogP contribution in [0.1, 0.15) is 50.5 Å². The largest absolute Gasteiger partial charge is 0.396 e. The van der Waals surface area contributed by atoms with Crippen LogP contribution in [-0.2, 0) is 13.0 Å². The highest BCUT2D eigenvalue weighted by molar-refractivity contribution is 5.13. The summed E-state index contributed by atoms with van der Waals surface area (Å²) in [5.74, 6) is 2.31. The van der Waals surface area contributed by atoms with Crippen molar-refractivity contribution in [3.8, 4) is 0 Å². The molecule has 20 heavy (non-hydrogen) atoms. The molecule has 0 amide bonds. The van der Waals surface area contributed by atoms with E-state index in [9.17, 15) is 5.11 Å². The second-order valence-electron chi connectivity index (χ2n) is 6.71. The van der Waals surface area contributed by atoms with Crippen molar-refractivity contribution in [1.29, 1.82) is 0 Å². The van der Waals surface area contributed by atoms with E-state index in [0.717, 1.165) is 19.4 Å². The van der Waals surface area contributed by atoms with E-state index in [4.69, 9.17) is 4.98 Å². The van der Waals surface area contributed by atoms with Crippen molar-refractivity contribution in [2.24, 2.45) is 5.92 Å². The fourth-order valence-corrected chi connectivity index (χ4v) is 3.69.